The van der Waals surface area contributed by atoms with Crippen LogP contribution in [0.3, 0.4) is 0 Å². The molecule has 16 heavy (non-hydrogen) atoms. The Morgan fingerprint density at radius 3 is 2.62 bits per heavy atom. The van der Waals surface area contributed by atoms with Crippen molar-refractivity contribution in [1.82, 2.24) is 0 Å². The van der Waals surface area contributed by atoms with Gasteiger partial charge in [-0.05, 0) is 25.3 Å². The molecule has 0 spiro atoms. The minimum absolute atomic E-state index is 0.585. The van der Waals surface area contributed by atoms with Crippen LogP contribution >= 0.6 is 0 Å². The molecule has 2 rings (SSSR count). The second-order valence-electron chi connectivity index (χ2n) is 4.81. The van der Waals surface area contributed by atoms with Crippen molar-refractivity contribution in [2.75, 3.05) is 24.3 Å². The molecule has 0 amide bonds. The zero-order valence-corrected chi connectivity index (χ0v) is 10.2. The third kappa shape index (κ3) is 2.08. The van der Waals surface area contributed by atoms with Crippen molar-refractivity contribution in [2.45, 2.75) is 26.3 Å². The summed E-state index contributed by atoms with van der Waals surface area (Å²) in [5.74, 6) is 1.59. The number of benzene rings is 1. The number of rotatable bonds is 2. The van der Waals surface area contributed by atoms with E-state index in [-0.39, 0.29) is 0 Å². The molecule has 1 aromatic rings. The average molecular weight is 220 g/mol. The van der Waals surface area contributed by atoms with Crippen LogP contribution in [0, 0.1) is 5.92 Å². The molecule has 1 fully saturated rings. The first kappa shape index (κ1) is 11.1. The number of nitrogens with two attached hydrogens (primary N) is 1. The molecule has 88 valence electrons. The summed E-state index contributed by atoms with van der Waals surface area (Å²) in [4.78, 5) is 2.41. The Bertz CT molecular complexity index is 378. The molecule has 2 unspecified atom stereocenters. The molecule has 0 bridgehead atoms. The average Bonchev–Trinajstić information content (AvgIpc) is 2.57. The summed E-state index contributed by atoms with van der Waals surface area (Å²) in [6.07, 6.45) is 1.25. The molecule has 1 aliphatic heterocycles. The SMILES string of the molecule is COc1cc(N)cc(N2CC(C)CC2C)c1. The standard InChI is InChI=1S/C13H20N2O/c1-9-4-10(2)15(8-9)12-5-11(14)6-13(7-12)16-3/h5-7,9-10H,4,8,14H2,1-3H3. The lowest BCUT2D eigenvalue weighted by Gasteiger charge is -2.24. The highest BCUT2D eigenvalue weighted by atomic mass is 16.5. The molecule has 1 heterocycles. The molecule has 0 aliphatic carbocycles. The number of hydrogen-bond acceptors (Lipinski definition) is 3. The summed E-state index contributed by atoms with van der Waals surface area (Å²) in [7, 11) is 1.68. The maximum atomic E-state index is 5.88. The largest absolute Gasteiger partial charge is 0.497 e. The van der Waals surface area contributed by atoms with Gasteiger partial charge in [0, 0.05) is 36.1 Å². The van der Waals surface area contributed by atoms with Crippen LogP contribution in [0.5, 0.6) is 5.75 Å². The third-order valence-corrected chi connectivity index (χ3v) is 3.26. The smallest absolute Gasteiger partial charge is 0.122 e. The number of anilines is 2. The molecule has 0 aromatic heterocycles. The van der Waals surface area contributed by atoms with Gasteiger partial charge in [-0.3, -0.25) is 0 Å². The zero-order valence-electron chi connectivity index (χ0n) is 10.2. The van der Waals surface area contributed by atoms with E-state index in [9.17, 15) is 0 Å². The molecular formula is C13H20N2O. The Labute approximate surface area is 97.2 Å². The normalized spacial score (nSPS) is 24.8. The van der Waals surface area contributed by atoms with Gasteiger partial charge in [0.25, 0.3) is 0 Å². The summed E-state index contributed by atoms with van der Waals surface area (Å²) in [6.45, 7) is 5.66. The Balaban J connectivity index is 2.29. The zero-order chi connectivity index (χ0) is 11.7. The quantitative estimate of drug-likeness (QED) is 0.778. The highest BCUT2D eigenvalue weighted by molar-refractivity contribution is 5.61. The minimum Gasteiger partial charge on any atom is -0.497 e. The van der Waals surface area contributed by atoms with Gasteiger partial charge < -0.3 is 15.4 Å². The summed E-state index contributed by atoms with van der Waals surface area (Å²) in [6, 6.07) is 6.52. The van der Waals surface area contributed by atoms with Crippen LogP contribution in [0.4, 0.5) is 11.4 Å². The molecular weight excluding hydrogens is 200 g/mol. The second-order valence-corrected chi connectivity index (χ2v) is 4.81. The van der Waals surface area contributed by atoms with Crippen LogP contribution in [0.1, 0.15) is 20.3 Å². The fourth-order valence-corrected chi connectivity index (χ4v) is 2.55. The van der Waals surface area contributed by atoms with Crippen molar-refractivity contribution in [1.29, 1.82) is 0 Å². The molecule has 1 aromatic carbocycles. The lowest BCUT2D eigenvalue weighted by atomic mass is 10.1. The molecule has 3 nitrogen and oxygen atoms in total. The predicted octanol–water partition coefficient (Wildman–Crippen LogP) is 2.51. The number of nitrogen functional groups attached to an aromatic ring is 1. The molecule has 3 heteroatoms. The van der Waals surface area contributed by atoms with Gasteiger partial charge in [-0.15, -0.1) is 0 Å². The molecule has 2 atom stereocenters. The van der Waals surface area contributed by atoms with E-state index < -0.39 is 0 Å². The fraction of sp³-hybridized carbons (Fsp3) is 0.538. The van der Waals surface area contributed by atoms with E-state index in [4.69, 9.17) is 10.5 Å². The highest BCUT2D eigenvalue weighted by Crippen LogP contribution is 2.32. The molecule has 0 radical (unpaired) electrons. The van der Waals surface area contributed by atoms with Gasteiger partial charge in [0.1, 0.15) is 5.75 Å². The summed E-state index contributed by atoms with van der Waals surface area (Å²) in [5.41, 5.74) is 7.82. The lowest BCUT2D eigenvalue weighted by molar-refractivity contribution is 0.415. The van der Waals surface area contributed by atoms with Crippen molar-refractivity contribution in [3.05, 3.63) is 18.2 Å². The van der Waals surface area contributed by atoms with Crippen molar-refractivity contribution < 1.29 is 4.74 Å². The fourth-order valence-electron chi connectivity index (χ4n) is 2.55. The first-order valence-electron chi connectivity index (χ1n) is 5.81. The van der Waals surface area contributed by atoms with Crippen LogP contribution in [0.2, 0.25) is 0 Å². The van der Waals surface area contributed by atoms with Crippen LogP contribution in [0.15, 0.2) is 18.2 Å². The van der Waals surface area contributed by atoms with E-state index in [2.05, 4.69) is 24.8 Å². The van der Waals surface area contributed by atoms with Gasteiger partial charge in [-0.2, -0.15) is 0 Å². The molecule has 2 N–H and O–H groups in total. The van der Waals surface area contributed by atoms with Gasteiger partial charge in [0.15, 0.2) is 0 Å². The maximum Gasteiger partial charge on any atom is 0.122 e. The van der Waals surface area contributed by atoms with Crippen molar-refractivity contribution in [2.24, 2.45) is 5.92 Å². The first-order chi connectivity index (χ1) is 7.60. The predicted molar refractivity (Wildman–Crippen MR) is 68.0 cm³/mol. The summed E-state index contributed by atoms with van der Waals surface area (Å²) < 4.78 is 5.25. The monoisotopic (exact) mass is 220 g/mol. The van der Waals surface area contributed by atoms with Crippen LogP contribution in [0.25, 0.3) is 0 Å². The van der Waals surface area contributed by atoms with E-state index in [1.165, 1.54) is 12.1 Å². The van der Waals surface area contributed by atoms with E-state index in [1.54, 1.807) is 7.11 Å². The van der Waals surface area contributed by atoms with Gasteiger partial charge >= 0.3 is 0 Å². The summed E-state index contributed by atoms with van der Waals surface area (Å²) in [5, 5.41) is 0. The van der Waals surface area contributed by atoms with Gasteiger partial charge in [0.2, 0.25) is 0 Å². The molecule has 1 aliphatic rings. The lowest BCUT2D eigenvalue weighted by Crippen LogP contribution is -2.26. The topological polar surface area (TPSA) is 38.5 Å². The van der Waals surface area contributed by atoms with Crippen LogP contribution in [-0.4, -0.2) is 19.7 Å². The highest BCUT2D eigenvalue weighted by Gasteiger charge is 2.26. The number of hydrogen-bond donors (Lipinski definition) is 1. The Kier molecular flexibility index (Phi) is 2.95. The second kappa shape index (κ2) is 4.24. The van der Waals surface area contributed by atoms with E-state index in [0.29, 0.717) is 6.04 Å². The molecule has 0 saturated carbocycles. The Hall–Kier alpha value is -1.38. The minimum atomic E-state index is 0.585. The maximum absolute atomic E-state index is 5.88. The number of nitrogens with zero attached hydrogens (tertiary/aromatic N) is 1. The molecule has 1 saturated heterocycles. The van der Waals surface area contributed by atoms with E-state index >= 15 is 0 Å². The Morgan fingerprint density at radius 2 is 2.06 bits per heavy atom. The van der Waals surface area contributed by atoms with Crippen molar-refractivity contribution in [3.8, 4) is 5.75 Å². The van der Waals surface area contributed by atoms with Crippen molar-refractivity contribution in [3.63, 3.8) is 0 Å². The summed E-state index contributed by atoms with van der Waals surface area (Å²) >= 11 is 0. The van der Waals surface area contributed by atoms with Crippen molar-refractivity contribution >= 4 is 11.4 Å². The Morgan fingerprint density at radius 1 is 1.31 bits per heavy atom. The van der Waals surface area contributed by atoms with E-state index in [1.807, 2.05) is 12.1 Å². The van der Waals surface area contributed by atoms with Gasteiger partial charge in [-0.25, -0.2) is 0 Å². The van der Waals surface area contributed by atoms with Crippen LogP contribution < -0.4 is 15.4 Å². The van der Waals surface area contributed by atoms with Gasteiger partial charge in [-0.1, -0.05) is 6.92 Å². The van der Waals surface area contributed by atoms with Crippen LogP contribution in [-0.2, 0) is 0 Å². The number of methoxy groups -OCH3 is 1. The number of ether oxygens (including phenoxy) is 1. The first-order valence-corrected chi connectivity index (χ1v) is 5.81. The third-order valence-electron chi connectivity index (χ3n) is 3.26. The van der Waals surface area contributed by atoms with E-state index in [0.717, 1.165) is 23.9 Å². The van der Waals surface area contributed by atoms with Gasteiger partial charge in [0.05, 0.1) is 7.11 Å².